The smallest absolute Gasteiger partial charge is 0.350 e. The van der Waals surface area contributed by atoms with Crippen LogP contribution in [0.4, 0.5) is 18.9 Å². The molecule has 0 atom stereocenters. The second kappa shape index (κ2) is 9.97. The molecule has 0 bridgehead atoms. The summed E-state index contributed by atoms with van der Waals surface area (Å²) in [5, 5.41) is 2.88. The minimum Gasteiger partial charge on any atom is -0.350 e. The van der Waals surface area contributed by atoms with E-state index in [4.69, 9.17) is 0 Å². The van der Waals surface area contributed by atoms with Crippen LogP contribution in [0.2, 0.25) is 0 Å². The molecule has 2 aliphatic heterocycles. The van der Waals surface area contributed by atoms with Gasteiger partial charge in [0.05, 0.1) is 12.1 Å². The molecule has 1 aliphatic carbocycles. The molecule has 1 N–H and O–H groups in total. The first-order valence-corrected chi connectivity index (χ1v) is 12.9. The number of benzene rings is 2. The fourth-order valence-electron chi connectivity index (χ4n) is 5.90. The Morgan fingerprint density at radius 1 is 1.16 bits per heavy atom. The highest BCUT2D eigenvalue weighted by Gasteiger charge is 2.41. The fourth-order valence-corrected chi connectivity index (χ4v) is 5.90. The maximum atomic E-state index is 14.1. The number of hydrogen-bond donors (Lipinski definition) is 1. The Balaban J connectivity index is 1.35. The van der Waals surface area contributed by atoms with Crippen LogP contribution in [0.15, 0.2) is 49.1 Å². The summed E-state index contributed by atoms with van der Waals surface area (Å²) in [4.78, 5) is 28.5. The highest BCUT2D eigenvalue weighted by molar-refractivity contribution is 6.10. The van der Waals surface area contributed by atoms with Gasteiger partial charge in [-0.2, -0.15) is 13.2 Å². The van der Waals surface area contributed by atoms with Crippen LogP contribution in [-0.4, -0.2) is 35.8 Å². The van der Waals surface area contributed by atoms with E-state index in [9.17, 15) is 22.8 Å². The minimum atomic E-state index is -4.55. The topological polar surface area (TPSA) is 52.7 Å². The van der Waals surface area contributed by atoms with E-state index in [0.29, 0.717) is 55.6 Å². The number of piperidine rings is 1. The number of carbonyl (C=O) groups is 2. The van der Waals surface area contributed by atoms with Gasteiger partial charge in [-0.15, -0.1) is 0 Å². The first-order chi connectivity index (χ1) is 17.6. The fraction of sp³-hybridized carbons (Fsp3) is 0.448. The number of hydrogen-bond acceptors (Lipinski definition) is 3. The van der Waals surface area contributed by atoms with Crippen LogP contribution in [0.25, 0.3) is 0 Å². The monoisotopic (exact) mass is 511 g/mol. The number of rotatable bonds is 6. The van der Waals surface area contributed by atoms with E-state index < -0.39 is 11.7 Å². The van der Waals surface area contributed by atoms with Gasteiger partial charge in [0.25, 0.3) is 5.91 Å². The Hall–Kier alpha value is -3.13. The number of nitrogens with zero attached hydrogens (tertiary/aromatic N) is 2. The number of anilines is 1. The van der Waals surface area contributed by atoms with Crippen molar-refractivity contribution in [3.63, 3.8) is 0 Å². The molecule has 0 aromatic heterocycles. The number of alkyl halides is 3. The number of likely N-dealkylation sites (tertiary alicyclic amines) is 1. The summed E-state index contributed by atoms with van der Waals surface area (Å²) in [5.41, 5.74) is 1.73. The minimum absolute atomic E-state index is 0.0292. The zero-order chi connectivity index (χ0) is 26.3. The third-order valence-electron chi connectivity index (χ3n) is 7.96. The standard InChI is InChI=1S/C29H32F3N3O2/c1-3-27(36)33-22-7-9-34(10-8-22)16-19-13-24-25(26(14-19)29(30,31)32)17-35(28(24)37)23-6-4-5-20(15-23)21-11-18(2)12-21/h3-6,13-15,18,21-22H,1,7-12,16-17H2,2H3,(H,33,36). The van der Waals surface area contributed by atoms with E-state index in [1.807, 2.05) is 18.2 Å². The van der Waals surface area contributed by atoms with Gasteiger partial charge in [0, 0.05) is 36.9 Å². The number of halogens is 3. The summed E-state index contributed by atoms with van der Waals surface area (Å²) in [6.07, 6.45) is 0.287. The summed E-state index contributed by atoms with van der Waals surface area (Å²) < 4.78 is 42.4. The SMILES string of the molecule is C=CC(=O)NC1CCN(Cc2cc3c(c(C(F)(F)F)c2)CN(c2cccc(C4CC(C)C4)c2)C3=O)CC1. The summed E-state index contributed by atoms with van der Waals surface area (Å²) in [6, 6.07) is 10.6. The van der Waals surface area contributed by atoms with E-state index in [1.165, 1.54) is 17.0 Å². The molecular formula is C29H32F3N3O2. The molecule has 0 spiro atoms. The summed E-state index contributed by atoms with van der Waals surface area (Å²) in [7, 11) is 0. The zero-order valence-electron chi connectivity index (χ0n) is 21.0. The van der Waals surface area contributed by atoms with E-state index in [1.54, 1.807) is 12.1 Å². The van der Waals surface area contributed by atoms with Crippen molar-refractivity contribution in [3.05, 3.63) is 76.9 Å². The van der Waals surface area contributed by atoms with E-state index in [-0.39, 0.29) is 35.5 Å². The Morgan fingerprint density at radius 3 is 2.54 bits per heavy atom. The first kappa shape index (κ1) is 25.5. The predicted octanol–water partition coefficient (Wildman–Crippen LogP) is 5.65. The largest absolute Gasteiger partial charge is 0.416 e. The van der Waals surface area contributed by atoms with Crippen molar-refractivity contribution in [3.8, 4) is 0 Å². The molecule has 5 rings (SSSR count). The highest BCUT2D eigenvalue weighted by atomic mass is 19.4. The highest BCUT2D eigenvalue weighted by Crippen LogP contribution is 2.43. The summed E-state index contributed by atoms with van der Waals surface area (Å²) in [5.74, 6) is 0.521. The second-order valence-corrected chi connectivity index (χ2v) is 10.7. The van der Waals surface area contributed by atoms with E-state index >= 15 is 0 Å². The molecule has 1 saturated carbocycles. The molecule has 8 heteroatoms. The summed E-state index contributed by atoms with van der Waals surface area (Å²) >= 11 is 0. The third kappa shape index (κ3) is 5.30. The van der Waals surface area contributed by atoms with Gasteiger partial charge in [-0.1, -0.05) is 25.6 Å². The van der Waals surface area contributed by atoms with Crippen molar-refractivity contribution in [1.29, 1.82) is 0 Å². The lowest BCUT2D eigenvalue weighted by Crippen LogP contribution is -2.43. The number of nitrogens with one attached hydrogen (secondary N) is 1. The Kier molecular flexibility index (Phi) is 6.88. The van der Waals surface area contributed by atoms with Gasteiger partial charge < -0.3 is 10.2 Å². The van der Waals surface area contributed by atoms with Gasteiger partial charge in [0.1, 0.15) is 0 Å². The lowest BCUT2D eigenvalue weighted by Gasteiger charge is -2.33. The van der Waals surface area contributed by atoms with Crippen LogP contribution in [-0.2, 0) is 24.1 Å². The quantitative estimate of drug-likeness (QED) is 0.511. The van der Waals surface area contributed by atoms with Gasteiger partial charge in [0.2, 0.25) is 5.91 Å². The predicted molar refractivity (Wildman–Crippen MR) is 136 cm³/mol. The van der Waals surface area contributed by atoms with Crippen LogP contribution in [0.3, 0.4) is 0 Å². The normalized spacial score (nSPS) is 22.5. The molecule has 0 radical (unpaired) electrons. The van der Waals surface area contributed by atoms with Crippen LogP contribution >= 0.6 is 0 Å². The lowest BCUT2D eigenvalue weighted by molar-refractivity contribution is -0.138. The second-order valence-electron chi connectivity index (χ2n) is 10.7. The van der Waals surface area contributed by atoms with Gasteiger partial charge >= 0.3 is 6.18 Å². The zero-order valence-corrected chi connectivity index (χ0v) is 21.0. The molecule has 2 aromatic rings. The van der Waals surface area contributed by atoms with Gasteiger partial charge in [-0.3, -0.25) is 14.5 Å². The van der Waals surface area contributed by atoms with Crippen molar-refractivity contribution in [2.24, 2.45) is 5.92 Å². The Morgan fingerprint density at radius 2 is 1.89 bits per heavy atom. The average Bonchev–Trinajstić information content (AvgIpc) is 3.18. The van der Waals surface area contributed by atoms with Gasteiger partial charge in [-0.25, -0.2) is 0 Å². The maximum absolute atomic E-state index is 14.1. The van der Waals surface area contributed by atoms with Crippen molar-refractivity contribution >= 4 is 17.5 Å². The molecule has 0 unspecified atom stereocenters. The molecule has 2 aromatic carbocycles. The van der Waals surface area contributed by atoms with Gasteiger partial charge in [0.15, 0.2) is 0 Å². The molecule has 2 amide bonds. The number of fused-ring (bicyclic) bond motifs is 1. The lowest BCUT2D eigenvalue weighted by atomic mass is 9.72. The van der Waals surface area contributed by atoms with Crippen LogP contribution in [0.1, 0.15) is 71.1 Å². The van der Waals surface area contributed by atoms with Crippen molar-refractivity contribution in [2.45, 2.75) is 63.8 Å². The van der Waals surface area contributed by atoms with Crippen molar-refractivity contribution in [2.75, 3.05) is 18.0 Å². The average molecular weight is 512 g/mol. The van der Waals surface area contributed by atoms with Crippen LogP contribution in [0.5, 0.6) is 0 Å². The Bertz CT molecular complexity index is 1210. The molecule has 1 saturated heterocycles. The molecule has 3 aliphatic rings. The Labute approximate surface area is 215 Å². The number of amides is 2. The van der Waals surface area contributed by atoms with E-state index in [2.05, 4.69) is 23.7 Å². The molecular weight excluding hydrogens is 479 g/mol. The first-order valence-electron chi connectivity index (χ1n) is 12.9. The van der Waals surface area contributed by atoms with E-state index in [0.717, 1.165) is 18.4 Å². The third-order valence-corrected chi connectivity index (χ3v) is 7.96. The number of carbonyl (C=O) groups excluding carboxylic acids is 2. The van der Waals surface area contributed by atoms with Crippen molar-refractivity contribution < 1.29 is 22.8 Å². The molecule has 196 valence electrons. The van der Waals surface area contributed by atoms with Crippen LogP contribution in [0, 0.1) is 5.92 Å². The van der Waals surface area contributed by atoms with Crippen molar-refractivity contribution in [1.82, 2.24) is 10.2 Å². The molecule has 2 fully saturated rings. The molecule has 37 heavy (non-hydrogen) atoms. The van der Waals surface area contributed by atoms with Gasteiger partial charge in [-0.05, 0) is 84.6 Å². The summed E-state index contributed by atoms with van der Waals surface area (Å²) in [6.45, 7) is 7.20. The maximum Gasteiger partial charge on any atom is 0.416 e. The molecule has 5 nitrogen and oxygen atoms in total. The van der Waals surface area contributed by atoms with Crippen LogP contribution < -0.4 is 10.2 Å². The molecule has 2 heterocycles.